The average molecular weight is 395 g/mol. The van der Waals surface area contributed by atoms with Crippen LogP contribution in [0.1, 0.15) is 36.8 Å². The summed E-state index contributed by atoms with van der Waals surface area (Å²) in [6, 6.07) is 5.15. The standard InChI is InChI=1S/C19H16Cl2O5/c20-13-7-9(22)5-11(15(13)24)18(1-2-18)17(26)19(3-4-19)12-6-10(23)8-14(21)16(12)25/h5-8,22-25H,1-4H2. The highest BCUT2D eigenvalue weighted by Crippen LogP contribution is 2.63. The van der Waals surface area contributed by atoms with Gasteiger partial charge < -0.3 is 20.4 Å². The number of ketones is 1. The van der Waals surface area contributed by atoms with Crippen LogP contribution < -0.4 is 0 Å². The minimum absolute atomic E-state index is 0.0211. The molecule has 0 aliphatic heterocycles. The molecule has 0 unspecified atom stereocenters. The molecule has 4 rings (SSSR count). The first-order chi connectivity index (χ1) is 12.2. The Bertz CT molecular complexity index is 870. The molecule has 5 nitrogen and oxygen atoms in total. The second-order valence-electron chi connectivity index (χ2n) is 7.14. The molecule has 2 saturated carbocycles. The van der Waals surface area contributed by atoms with Crippen LogP contribution in [0.15, 0.2) is 24.3 Å². The lowest BCUT2D eigenvalue weighted by Gasteiger charge is -2.24. The van der Waals surface area contributed by atoms with Crippen LogP contribution in [-0.2, 0) is 15.6 Å². The fourth-order valence-electron chi connectivity index (χ4n) is 3.84. The number of halogens is 2. The second kappa shape index (κ2) is 5.44. The van der Waals surface area contributed by atoms with Crippen LogP contribution >= 0.6 is 23.2 Å². The SMILES string of the molecule is O=C(C1(c2cc(O)cc(Cl)c2O)CC1)C1(c2cc(O)cc(Cl)c2O)CC1. The highest BCUT2D eigenvalue weighted by Gasteiger charge is 2.64. The molecule has 26 heavy (non-hydrogen) atoms. The van der Waals surface area contributed by atoms with E-state index in [1.54, 1.807) is 0 Å². The molecule has 2 aliphatic rings. The third-order valence-corrected chi connectivity index (χ3v) is 6.07. The van der Waals surface area contributed by atoms with E-state index < -0.39 is 10.8 Å². The molecule has 0 heterocycles. The van der Waals surface area contributed by atoms with Crippen LogP contribution in [0.3, 0.4) is 0 Å². The molecule has 2 aromatic carbocycles. The van der Waals surface area contributed by atoms with Gasteiger partial charge in [-0.1, -0.05) is 23.2 Å². The average Bonchev–Trinajstić information content (AvgIpc) is 3.48. The summed E-state index contributed by atoms with van der Waals surface area (Å²) in [6.45, 7) is 0. The Hall–Kier alpha value is -2.11. The number of aromatic hydroxyl groups is 4. The van der Waals surface area contributed by atoms with E-state index in [9.17, 15) is 25.2 Å². The molecule has 4 N–H and O–H groups in total. The topological polar surface area (TPSA) is 98.0 Å². The summed E-state index contributed by atoms with van der Waals surface area (Å²) in [6.07, 6.45) is 2.03. The highest BCUT2D eigenvalue weighted by molar-refractivity contribution is 6.32. The molecule has 0 saturated heterocycles. The fraction of sp³-hybridized carbons (Fsp3) is 0.316. The molecular formula is C19H16Cl2O5. The number of hydrogen-bond acceptors (Lipinski definition) is 5. The van der Waals surface area contributed by atoms with Gasteiger partial charge in [0.1, 0.15) is 23.0 Å². The molecule has 0 atom stereocenters. The van der Waals surface area contributed by atoms with Crippen LogP contribution in [0.2, 0.25) is 10.0 Å². The van der Waals surface area contributed by atoms with Crippen molar-refractivity contribution < 1.29 is 25.2 Å². The highest BCUT2D eigenvalue weighted by atomic mass is 35.5. The molecule has 2 aliphatic carbocycles. The zero-order valence-electron chi connectivity index (χ0n) is 13.6. The first kappa shape index (κ1) is 17.3. The minimum Gasteiger partial charge on any atom is -0.508 e. The van der Waals surface area contributed by atoms with Crippen molar-refractivity contribution in [1.29, 1.82) is 0 Å². The van der Waals surface area contributed by atoms with E-state index >= 15 is 0 Å². The fourth-order valence-corrected chi connectivity index (χ4v) is 4.27. The first-order valence-electron chi connectivity index (χ1n) is 8.20. The van der Waals surface area contributed by atoms with Gasteiger partial charge in [-0.2, -0.15) is 0 Å². The van der Waals surface area contributed by atoms with Crippen LogP contribution in [0.25, 0.3) is 0 Å². The van der Waals surface area contributed by atoms with E-state index in [0.29, 0.717) is 36.8 Å². The van der Waals surface area contributed by atoms with Gasteiger partial charge in [0.15, 0.2) is 5.78 Å². The van der Waals surface area contributed by atoms with Gasteiger partial charge in [0.2, 0.25) is 0 Å². The summed E-state index contributed by atoms with van der Waals surface area (Å²) in [5, 5.41) is 40.3. The van der Waals surface area contributed by atoms with Crippen molar-refractivity contribution in [3.05, 3.63) is 45.4 Å². The molecule has 136 valence electrons. The molecular weight excluding hydrogens is 379 g/mol. The zero-order chi connectivity index (χ0) is 18.9. The largest absolute Gasteiger partial charge is 0.508 e. The predicted molar refractivity (Wildman–Crippen MR) is 96.4 cm³/mol. The molecule has 0 radical (unpaired) electrons. The lowest BCUT2D eigenvalue weighted by atomic mass is 9.78. The molecule has 2 fully saturated rings. The molecule has 0 bridgehead atoms. The van der Waals surface area contributed by atoms with Crippen molar-refractivity contribution in [3.8, 4) is 23.0 Å². The minimum atomic E-state index is -0.965. The third kappa shape index (κ3) is 2.34. The van der Waals surface area contributed by atoms with E-state index in [-0.39, 0.29) is 38.8 Å². The van der Waals surface area contributed by atoms with Gasteiger partial charge in [-0.3, -0.25) is 4.79 Å². The molecule has 0 aromatic heterocycles. The van der Waals surface area contributed by atoms with E-state index in [1.165, 1.54) is 24.3 Å². The molecule has 2 aromatic rings. The normalized spacial score (nSPS) is 19.2. The molecule has 0 amide bonds. The van der Waals surface area contributed by atoms with Crippen molar-refractivity contribution in [2.75, 3.05) is 0 Å². The second-order valence-corrected chi connectivity index (χ2v) is 7.96. The van der Waals surface area contributed by atoms with Crippen molar-refractivity contribution >= 4 is 29.0 Å². The molecule has 7 heteroatoms. The number of rotatable bonds is 4. The van der Waals surface area contributed by atoms with Gasteiger partial charge in [0.25, 0.3) is 0 Å². The summed E-state index contributed by atoms with van der Waals surface area (Å²) in [5.74, 6) is -0.863. The number of hydrogen-bond donors (Lipinski definition) is 4. The van der Waals surface area contributed by atoms with E-state index in [4.69, 9.17) is 23.2 Å². The Morgan fingerprint density at radius 2 is 1.08 bits per heavy atom. The van der Waals surface area contributed by atoms with Crippen molar-refractivity contribution in [2.24, 2.45) is 0 Å². The predicted octanol–water partition coefficient (Wildman–Crippen LogP) is 4.15. The quantitative estimate of drug-likeness (QED) is 0.583. The van der Waals surface area contributed by atoms with Crippen LogP contribution in [-0.4, -0.2) is 26.2 Å². The summed E-state index contributed by atoms with van der Waals surface area (Å²) < 4.78 is 0. The van der Waals surface area contributed by atoms with Gasteiger partial charge in [0.05, 0.1) is 20.9 Å². The third-order valence-electron chi connectivity index (χ3n) is 5.50. The van der Waals surface area contributed by atoms with Crippen molar-refractivity contribution in [1.82, 2.24) is 0 Å². The Labute approximate surface area is 159 Å². The Morgan fingerprint density at radius 3 is 1.38 bits per heavy atom. The van der Waals surface area contributed by atoms with E-state index in [0.717, 1.165) is 0 Å². The Morgan fingerprint density at radius 1 is 0.731 bits per heavy atom. The summed E-state index contributed by atoms with van der Waals surface area (Å²) in [7, 11) is 0. The van der Waals surface area contributed by atoms with Gasteiger partial charge in [-0.15, -0.1) is 0 Å². The maximum atomic E-state index is 13.5. The zero-order valence-corrected chi connectivity index (χ0v) is 15.1. The number of Topliss-reactive ketones (excluding diaryl/α,β-unsaturated/α-hetero) is 1. The summed E-state index contributed by atoms with van der Waals surface area (Å²) >= 11 is 11.9. The van der Waals surface area contributed by atoms with Gasteiger partial charge >= 0.3 is 0 Å². The van der Waals surface area contributed by atoms with Crippen LogP contribution in [0, 0.1) is 0 Å². The smallest absolute Gasteiger partial charge is 0.154 e. The lowest BCUT2D eigenvalue weighted by molar-refractivity contribution is -0.124. The van der Waals surface area contributed by atoms with Crippen LogP contribution in [0.4, 0.5) is 0 Å². The van der Waals surface area contributed by atoms with E-state index in [2.05, 4.69) is 0 Å². The van der Waals surface area contributed by atoms with Crippen molar-refractivity contribution in [3.63, 3.8) is 0 Å². The van der Waals surface area contributed by atoms with Gasteiger partial charge in [0, 0.05) is 23.3 Å². The first-order valence-corrected chi connectivity index (χ1v) is 8.96. The Kier molecular flexibility index (Phi) is 3.62. The number of phenols is 4. The number of carbonyl (C=O) groups is 1. The van der Waals surface area contributed by atoms with Crippen LogP contribution in [0.5, 0.6) is 23.0 Å². The summed E-state index contributed by atoms with van der Waals surface area (Å²) in [5.41, 5.74) is -1.34. The molecule has 0 spiro atoms. The maximum absolute atomic E-state index is 13.5. The maximum Gasteiger partial charge on any atom is 0.154 e. The van der Waals surface area contributed by atoms with Gasteiger partial charge in [-0.05, 0) is 37.8 Å². The van der Waals surface area contributed by atoms with Crippen molar-refractivity contribution in [2.45, 2.75) is 36.5 Å². The number of phenolic OH excluding ortho intramolecular Hbond substituents is 4. The number of benzene rings is 2. The number of carbonyl (C=O) groups excluding carboxylic acids is 1. The van der Waals surface area contributed by atoms with E-state index in [1.807, 2.05) is 0 Å². The Balaban J connectivity index is 1.82. The lowest BCUT2D eigenvalue weighted by Crippen LogP contribution is -2.32. The summed E-state index contributed by atoms with van der Waals surface area (Å²) in [4.78, 5) is 13.5. The van der Waals surface area contributed by atoms with Gasteiger partial charge in [-0.25, -0.2) is 0 Å². The monoisotopic (exact) mass is 394 g/mol.